The van der Waals surface area contributed by atoms with Gasteiger partial charge in [-0.1, -0.05) is 115 Å². The summed E-state index contributed by atoms with van der Waals surface area (Å²) in [5.74, 6) is -0.102. The van der Waals surface area contributed by atoms with E-state index >= 15 is 0 Å². The first-order valence-electron chi connectivity index (χ1n) is 31.4. The van der Waals surface area contributed by atoms with Crippen LogP contribution in [0.2, 0.25) is 10.0 Å². The van der Waals surface area contributed by atoms with Gasteiger partial charge in [-0.15, -0.1) is 0 Å². The Labute approximate surface area is 530 Å². The number of nitrogens with zero attached hydrogens (tertiary/aromatic N) is 6. The third-order valence-corrected chi connectivity index (χ3v) is 19.1. The number of carbonyl (C=O) groups is 5. The highest BCUT2D eigenvalue weighted by atomic mass is 35.5. The van der Waals surface area contributed by atoms with Gasteiger partial charge < -0.3 is 48.9 Å². The summed E-state index contributed by atoms with van der Waals surface area (Å²) in [7, 11) is 5.46. The first kappa shape index (κ1) is 65.7. The molecule has 0 radical (unpaired) electrons. The van der Waals surface area contributed by atoms with Crippen LogP contribution in [0, 0.1) is 0 Å². The van der Waals surface area contributed by atoms with Crippen LogP contribution in [0.4, 0.5) is 16.2 Å². The molecule has 0 aromatic heterocycles. The molecule has 5 aromatic rings. The molecule has 1 spiro atoms. The molecule has 9 rings (SSSR count). The van der Waals surface area contributed by atoms with Gasteiger partial charge in [0, 0.05) is 114 Å². The molecule has 18 heteroatoms. The number of carbonyl (C=O) groups excluding carboxylic acids is 5. The number of ether oxygens (including phenoxy) is 3. The molecular formula is C70H88Cl2N8O8. The standard InChI is InChI=1S/C70H88Cl2N8O8/c1-51(2)66(83)80-45-46-87-70(50-80,55-26-29-60(71)61(72)48-55)34-42-79-40-32-69(33-41-79)59-21-13-11-19-54(59)47-63(69)86-49-65(82)75(3)36-16-37-77(5)67(84)53-24-27-56(28-25-53)73-35-15-7-10-23-64(81)76(4)43-44-78-38-30-57(31-39-78)88-68(85)74-62-22-14-12-20-58(62)52-17-8-6-9-18-52/h6,8-9,11-14,17-22,24-29,48,57,63,73H,1,7,10,15-16,23,30-47,49-50H2,2-5H3,(H,74,85)/t63?,70-/m0/s1. The lowest BCUT2D eigenvalue weighted by Gasteiger charge is -2.46. The Balaban J connectivity index is 0.631. The van der Waals surface area contributed by atoms with Crippen LogP contribution >= 0.6 is 23.2 Å². The highest BCUT2D eigenvalue weighted by Crippen LogP contribution is 2.48. The SMILES string of the molecule is C=C(C)C(=O)N1CCO[C@](CCN2CCC3(CC2)c2ccccc2CC3OCC(=O)N(C)CCCN(C)C(=O)c2ccc(NCCCCCC(=O)N(C)CCN3CCC(OC(=O)Nc4ccccc4-c4ccccc4)CC3)cc2)(c2ccc(Cl)c(Cl)c2)C1. The molecule has 3 saturated heterocycles. The number of morpholine rings is 1. The fraction of sp³-hybridized carbons (Fsp3) is 0.471. The molecule has 5 aromatic carbocycles. The van der Waals surface area contributed by atoms with E-state index < -0.39 is 11.7 Å². The smallest absolute Gasteiger partial charge is 0.411 e. The number of unbranched alkanes of at least 4 members (excludes halogenated alkanes) is 2. The van der Waals surface area contributed by atoms with E-state index in [1.54, 1.807) is 36.9 Å². The summed E-state index contributed by atoms with van der Waals surface area (Å²) in [5, 5.41) is 7.31. The molecule has 88 heavy (non-hydrogen) atoms. The molecule has 470 valence electrons. The predicted octanol–water partition coefficient (Wildman–Crippen LogP) is 11.4. The summed E-state index contributed by atoms with van der Waals surface area (Å²) < 4.78 is 19.1. The second kappa shape index (κ2) is 31.1. The molecule has 16 nitrogen and oxygen atoms in total. The van der Waals surface area contributed by atoms with Crippen molar-refractivity contribution in [1.82, 2.24) is 29.4 Å². The monoisotopic (exact) mass is 1240 g/mol. The van der Waals surface area contributed by atoms with Crippen molar-refractivity contribution in [3.05, 3.63) is 166 Å². The number of amides is 5. The van der Waals surface area contributed by atoms with Gasteiger partial charge in [0.15, 0.2) is 0 Å². The molecule has 1 unspecified atom stereocenters. The average molecular weight is 1240 g/mol. The Morgan fingerprint density at radius 1 is 0.716 bits per heavy atom. The van der Waals surface area contributed by atoms with Crippen molar-refractivity contribution in [2.45, 2.75) is 101 Å². The number of hydrogen-bond donors (Lipinski definition) is 2. The van der Waals surface area contributed by atoms with E-state index in [4.69, 9.17) is 37.4 Å². The number of para-hydroxylation sites is 1. The van der Waals surface area contributed by atoms with Gasteiger partial charge in [-0.2, -0.15) is 0 Å². The van der Waals surface area contributed by atoms with Crippen LogP contribution in [0.25, 0.3) is 11.1 Å². The van der Waals surface area contributed by atoms with Gasteiger partial charge in [0.1, 0.15) is 18.3 Å². The number of benzene rings is 5. The van der Waals surface area contributed by atoms with Crippen molar-refractivity contribution >= 4 is 64.3 Å². The number of fused-ring (bicyclic) bond motifs is 2. The number of piperidine rings is 2. The van der Waals surface area contributed by atoms with E-state index in [0.29, 0.717) is 79.8 Å². The molecule has 3 heterocycles. The third-order valence-electron chi connectivity index (χ3n) is 18.4. The van der Waals surface area contributed by atoms with Crippen LogP contribution in [0.3, 0.4) is 0 Å². The molecule has 2 atom stereocenters. The van der Waals surface area contributed by atoms with E-state index in [9.17, 15) is 24.0 Å². The summed E-state index contributed by atoms with van der Waals surface area (Å²) in [6.07, 6.45) is 7.69. The van der Waals surface area contributed by atoms with Gasteiger partial charge in [-0.05, 0) is 143 Å². The number of hydrogen-bond acceptors (Lipinski definition) is 11. The van der Waals surface area contributed by atoms with Crippen molar-refractivity contribution < 1.29 is 38.2 Å². The Kier molecular flexibility index (Phi) is 23.2. The molecule has 0 saturated carbocycles. The Hall–Kier alpha value is -6.79. The minimum Gasteiger partial charge on any atom is -0.446 e. The van der Waals surface area contributed by atoms with Gasteiger partial charge >= 0.3 is 6.09 Å². The van der Waals surface area contributed by atoms with Gasteiger partial charge in [0.25, 0.3) is 5.91 Å². The normalized spacial score (nSPS) is 18.5. The van der Waals surface area contributed by atoms with E-state index in [1.165, 1.54) is 11.1 Å². The van der Waals surface area contributed by atoms with Crippen LogP contribution in [-0.4, -0.2) is 184 Å². The molecule has 3 aliphatic heterocycles. The minimum atomic E-state index is -0.765. The largest absolute Gasteiger partial charge is 0.446 e. The highest BCUT2D eigenvalue weighted by Gasteiger charge is 2.50. The average Bonchev–Trinajstić information content (AvgIpc) is 1.63. The van der Waals surface area contributed by atoms with E-state index in [1.807, 2.05) is 108 Å². The Bertz CT molecular complexity index is 3190. The molecular weight excluding hydrogens is 1150 g/mol. The minimum absolute atomic E-state index is 0.0201. The molecule has 3 fully saturated rings. The maximum atomic E-state index is 13.6. The van der Waals surface area contributed by atoms with Gasteiger partial charge in [0.05, 0.1) is 35.0 Å². The van der Waals surface area contributed by atoms with Crippen LogP contribution in [-0.2, 0) is 46.0 Å². The van der Waals surface area contributed by atoms with Crippen LogP contribution in [0.1, 0.15) is 98.2 Å². The summed E-state index contributed by atoms with van der Waals surface area (Å²) in [6, 6.07) is 39.4. The summed E-state index contributed by atoms with van der Waals surface area (Å²) in [5.41, 5.74) is 7.20. The third kappa shape index (κ3) is 16.9. The van der Waals surface area contributed by atoms with E-state index in [2.05, 4.69) is 51.3 Å². The van der Waals surface area contributed by atoms with Crippen molar-refractivity contribution in [1.29, 1.82) is 0 Å². The summed E-state index contributed by atoms with van der Waals surface area (Å²) >= 11 is 12.9. The Morgan fingerprint density at radius 3 is 2.16 bits per heavy atom. The van der Waals surface area contributed by atoms with Gasteiger partial charge in [0.2, 0.25) is 17.7 Å². The van der Waals surface area contributed by atoms with Gasteiger partial charge in [-0.3, -0.25) is 24.5 Å². The molecule has 1 aliphatic carbocycles. The van der Waals surface area contributed by atoms with Crippen molar-refractivity contribution in [2.24, 2.45) is 0 Å². The Morgan fingerprint density at radius 2 is 1.41 bits per heavy atom. The van der Waals surface area contributed by atoms with Crippen molar-refractivity contribution in [2.75, 3.05) is 124 Å². The second-order valence-corrected chi connectivity index (χ2v) is 25.2. The van der Waals surface area contributed by atoms with Crippen LogP contribution in [0.5, 0.6) is 0 Å². The maximum absolute atomic E-state index is 13.6. The first-order chi connectivity index (χ1) is 42.5. The van der Waals surface area contributed by atoms with Crippen molar-refractivity contribution in [3.8, 4) is 11.1 Å². The molecule has 5 amide bonds. The number of halogens is 2. The van der Waals surface area contributed by atoms with E-state index in [0.717, 1.165) is 125 Å². The number of likely N-dealkylation sites (N-methyl/N-ethyl adjacent to an activating group) is 2. The molecule has 4 aliphatic rings. The van der Waals surface area contributed by atoms with Crippen LogP contribution in [0.15, 0.2) is 133 Å². The lowest BCUT2D eigenvalue weighted by molar-refractivity contribution is -0.152. The highest BCUT2D eigenvalue weighted by molar-refractivity contribution is 6.42. The first-order valence-corrected chi connectivity index (χ1v) is 32.1. The second-order valence-electron chi connectivity index (χ2n) is 24.4. The zero-order valence-electron chi connectivity index (χ0n) is 51.8. The summed E-state index contributed by atoms with van der Waals surface area (Å²) in [6.45, 7) is 14.1. The number of rotatable bonds is 26. The lowest BCUT2D eigenvalue weighted by atomic mass is 9.72. The zero-order valence-corrected chi connectivity index (χ0v) is 53.3. The number of nitrogens with one attached hydrogen (secondary N) is 2. The van der Waals surface area contributed by atoms with Crippen molar-refractivity contribution in [3.63, 3.8) is 0 Å². The predicted molar refractivity (Wildman–Crippen MR) is 349 cm³/mol. The zero-order chi connectivity index (χ0) is 62.2. The van der Waals surface area contributed by atoms with E-state index in [-0.39, 0.29) is 47.9 Å². The number of likely N-dealkylation sites (tertiary alicyclic amines) is 2. The van der Waals surface area contributed by atoms with Crippen LogP contribution < -0.4 is 10.6 Å². The van der Waals surface area contributed by atoms with Gasteiger partial charge in [-0.25, -0.2) is 4.79 Å². The summed E-state index contributed by atoms with van der Waals surface area (Å²) in [4.78, 5) is 78.0. The molecule has 0 bridgehead atoms. The maximum Gasteiger partial charge on any atom is 0.411 e. The number of anilines is 2. The molecule has 2 N–H and O–H groups in total. The topological polar surface area (TPSA) is 157 Å². The fourth-order valence-electron chi connectivity index (χ4n) is 13.0. The fourth-order valence-corrected chi connectivity index (χ4v) is 13.3. The lowest BCUT2D eigenvalue weighted by Crippen LogP contribution is -2.54. The quantitative estimate of drug-likeness (QED) is 0.0401.